The van der Waals surface area contributed by atoms with Crippen molar-refractivity contribution < 1.29 is 9.53 Å². The average molecular weight is 352 g/mol. The fourth-order valence-corrected chi connectivity index (χ4v) is 3.16. The van der Waals surface area contributed by atoms with E-state index in [2.05, 4.69) is 18.7 Å². The zero-order valence-electron chi connectivity index (χ0n) is 16.9. The Morgan fingerprint density at radius 1 is 0.800 bits per heavy atom. The summed E-state index contributed by atoms with van der Waals surface area (Å²) in [6.45, 7) is 12.1. The van der Waals surface area contributed by atoms with E-state index in [0.717, 1.165) is 25.7 Å². The van der Waals surface area contributed by atoms with Crippen molar-refractivity contribution >= 4 is 5.97 Å². The lowest BCUT2D eigenvalue weighted by Crippen LogP contribution is -2.19. The number of rotatable bonds is 18. The van der Waals surface area contributed by atoms with Gasteiger partial charge in [-0.25, -0.2) is 6.57 Å². The molecule has 0 radical (unpaired) electrons. The lowest BCUT2D eigenvalue weighted by atomic mass is 9.94. The summed E-state index contributed by atoms with van der Waals surface area (Å²) in [5.41, 5.74) is 0. The molecule has 3 heteroatoms. The molecule has 3 nitrogen and oxygen atoms in total. The number of ether oxygens (including phenoxy) is 1. The Kier molecular flexibility index (Phi) is 18.5. The molecule has 0 aliphatic rings. The summed E-state index contributed by atoms with van der Waals surface area (Å²) >= 11 is 0. The maximum absolute atomic E-state index is 12.3. The van der Waals surface area contributed by atoms with Gasteiger partial charge in [-0.1, -0.05) is 90.9 Å². The van der Waals surface area contributed by atoms with Crippen LogP contribution in [0.4, 0.5) is 0 Å². The van der Waals surface area contributed by atoms with Gasteiger partial charge in [0.15, 0.2) is 0 Å². The Morgan fingerprint density at radius 2 is 1.28 bits per heavy atom. The van der Waals surface area contributed by atoms with Crippen molar-refractivity contribution in [2.75, 3.05) is 13.2 Å². The van der Waals surface area contributed by atoms with E-state index in [1.54, 1.807) is 0 Å². The molecule has 0 N–H and O–H groups in total. The highest BCUT2D eigenvalue weighted by Crippen LogP contribution is 2.20. The number of esters is 1. The Balaban J connectivity index is 4.03. The van der Waals surface area contributed by atoms with Crippen LogP contribution in [0.3, 0.4) is 0 Å². The normalized spacial score (nSPS) is 10.8. The summed E-state index contributed by atoms with van der Waals surface area (Å²) in [7, 11) is 0. The van der Waals surface area contributed by atoms with Gasteiger partial charge in [-0.2, -0.15) is 0 Å². The first-order valence-electron chi connectivity index (χ1n) is 10.8. The molecular formula is C22H41NO2. The van der Waals surface area contributed by atoms with Gasteiger partial charge in [-0.3, -0.25) is 4.79 Å². The standard InChI is InChI=1S/C22H41NO2/c1-4-6-8-10-12-14-17-21(18-15-13-11-9-7-5-2)22(24)25-20-16-19-23-3/h21H,4-20H2,1-2H3. The summed E-state index contributed by atoms with van der Waals surface area (Å²) in [6.07, 6.45) is 17.8. The van der Waals surface area contributed by atoms with Gasteiger partial charge in [0.1, 0.15) is 0 Å². The van der Waals surface area contributed by atoms with E-state index in [0.29, 0.717) is 19.6 Å². The van der Waals surface area contributed by atoms with Gasteiger partial charge in [0.25, 0.3) is 0 Å². The summed E-state index contributed by atoms with van der Waals surface area (Å²) in [5.74, 6) is 0.0531. The van der Waals surface area contributed by atoms with Crippen LogP contribution in [0.15, 0.2) is 0 Å². The Labute approximate surface area is 156 Å². The monoisotopic (exact) mass is 351 g/mol. The molecule has 0 aliphatic heterocycles. The number of hydrogen-bond acceptors (Lipinski definition) is 2. The second kappa shape index (κ2) is 19.3. The second-order valence-electron chi connectivity index (χ2n) is 7.21. The third kappa shape index (κ3) is 16.2. The number of carbonyl (C=O) groups is 1. The van der Waals surface area contributed by atoms with E-state index >= 15 is 0 Å². The zero-order valence-corrected chi connectivity index (χ0v) is 16.9. The molecule has 0 amide bonds. The van der Waals surface area contributed by atoms with Crippen molar-refractivity contribution in [2.45, 2.75) is 110 Å². The van der Waals surface area contributed by atoms with Crippen LogP contribution in [0, 0.1) is 12.5 Å². The maximum atomic E-state index is 12.3. The topological polar surface area (TPSA) is 30.7 Å². The molecular weight excluding hydrogens is 310 g/mol. The van der Waals surface area contributed by atoms with Crippen molar-refractivity contribution in [3.63, 3.8) is 0 Å². The van der Waals surface area contributed by atoms with Crippen LogP contribution in [0.2, 0.25) is 0 Å². The molecule has 0 aromatic heterocycles. The molecule has 0 atom stereocenters. The molecule has 25 heavy (non-hydrogen) atoms. The summed E-state index contributed by atoms with van der Waals surface area (Å²) in [4.78, 5) is 15.6. The van der Waals surface area contributed by atoms with Crippen molar-refractivity contribution in [2.24, 2.45) is 5.92 Å². The lowest BCUT2D eigenvalue weighted by molar-refractivity contribution is -0.149. The highest BCUT2D eigenvalue weighted by Gasteiger charge is 2.19. The third-order valence-corrected chi connectivity index (χ3v) is 4.80. The number of carbonyl (C=O) groups excluding carboxylic acids is 1. The average Bonchev–Trinajstić information content (AvgIpc) is 2.62. The van der Waals surface area contributed by atoms with Gasteiger partial charge in [0, 0.05) is 0 Å². The number of hydrogen-bond donors (Lipinski definition) is 0. The maximum Gasteiger partial charge on any atom is 0.308 e. The molecule has 0 aromatic rings. The first kappa shape index (κ1) is 24.0. The highest BCUT2D eigenvalue weighted by atomic mass is 16.5. The van der Waals surface area contributed by atoms with Crippen LogP contribution < -0.4 is 0 Å². The molecule has 146 valence electrons. The fourth-order valence-electron chi connectivity index (χ4n) is 3.16. The van der Waals surface area contributed by atoms with Crippen molar-refractivity contribution in [1.29, 1.82) is 0 Å². The van der Waals surface area contributed by atoms with E-state index in [9.17, 15) is 4.79 Å². The van der Waals surface area contributed by atoms with Crippen LogP contribution in [-0.2, 0) is 9.53 Å². The quantitative estimate of drug-likeness (QED) is 0.152. The Morgan fingerprint density at radius 3 is 1.76 bits per heavy atom. The largest absolute Gasteiger partial charge is 0.465 e. The van der Waals surface area contributed by atoms with Crippen LogP contribution in [0.5, 0.6) is 0 Å². The van der Waals surface area contributed by atoms with Crippen molar-refractivity contribution in [3.8, 4) is 0 Å². The minimum atomic E-state index is -0.0212. The predicted molar refractivity (Wildman–Crippen MR) is 107 cm³/mol. The molecule has 0 aliphatic carbocycles. The molecule has 0 saturated heterocycles. The Bertz CT molecular complexity index is 319. The summed E-state index contributed by atoms with van der Waals surface area (Å²) in [5, 5.41) is 0. The van der Waals surface area contributed by atoms with E-state index in [1.165, 1.54) is 64.2 Å². The molecule has 0 heterocycles. The van der Waals surface area contributed by atoms with Gasteiger partial charge < -0.3 is 9.58 Å². The van der Waals surface area contributed by atoms with Crippen molar-refractivity contribution in [1.82, 2.24) is 0 Å². The molecule has 0 saturated carbocycles. The zero-order chi connectivity index (χ0) is 18.6. The molecule has 0 fully saturated rings. The fraction of sp³-hybridized carbons (Fsp3) is 0.909. The third-order valence-electron chi connectivity index (χ3n) is 4.80. The minimum absolute atomic E-state index is 0.0212. The number of unbranched alkanes of at least 4 members (excludes halogenated alkanes) is 10. The van der Waals surface area contributed by atoms with E-state index in [-0.39, 0.29) is 11.9 Å². The van der Waals surface area contributed by atoms with E-state index in [4.69, 9.17) is 11.3 Å². The second-order valence-corrected chi connectivity index (χ2v) is 7.21. The van der Waals surface area contributed by atoms with E-state index < -0.39 is 0 Å². The van der Waals surface area contributed by atoms with Crippen LogP contribution in [0.1, 0.15) is 110 Å². The van der Waals surface area contributed by atoms with Gasteiger partial charge in [0.05, 0.1) is 18.9 Å². The van der Waals surface area contributed by atoms with E-state index in [1.807, 2.05) is 0 Å². The molecule has 0 unspecified atom stereocenters. The Hall–Kier alpha value is -1.04. The highest BCUT2D eigenvalue weighted by molar-refractivity contribution is 5.72. The van der Waals surface area contributed by atoms with Crippen LogP contribution >= 0.6 is 0 Å². The minimum Gasteiger partial charge on any atom is -0.465 e. The molecule has 0 aromatic carbocycles. The molecule has 0 spiro atoms. The number of nitrogens with zero attached hydrogens (tertiary/aromatic N) is 1. The van der Waals surface area contributed by atoms with Gasteiger partial charge in [0.2, 0.25) is 6.54 Å². The van der Waals surface area contributed by atoms with Crippen molar-refractivity contribution in [3.05, 3.63) is 11.4 Å². The first-order valence-corrected chi connectivity index (χ1v) is 10.8. The van der Waals surface area contributed by atoms with Crippen LogP contribution in [0.25, 0.3) is 4.85 Å². The molecule has 0 bridgehead atoms. The van der Waals surface area contributed by atoms with Crippen LogP contribution in [-0.4, -0.2) is 19.1 Å². The SMILES string of the molecule is [C-]#[N+]CCCOC(=O)C(CCCCCCCC)CCCCCCCC. The summed E-state index contributed by atoms with van der Waals surface area (Å²) < 4.78 is 5.42. The summed E-state index contributed by atoms with van der Waals surface area (Å²) in [6, 6.07) is 0. The van der Waals surface area contributed by atoms with Gasteiger partial charge >= 0.3 is 5.97 Å². The first-order chi connectivity index (χ1) is 12.3. The predicted octanol–water partition coefficient (Wildman–Crippen LogP) is 6.96. The molecule has 0 rings (SSSR count). The van der Waals surface area contributed by atoms with Gasteiger partial charge in [-0.05, 0) is 12.8 Å². The van der Waals surface area contributed by atoms with Gasteiger partial charge in [-0.15, -0.1) is 0 Å². The smallest absolute Gasteiger partial charge is 0.308 e. The lowest BCUT2D eigenvalue weighted by Gasteiger charge is -2.16.